The first-order valence-electron chi connectivity index (χ1n) is 5.06. The molecule has 88 valence electrons. The van der Waals surface area contributed by atoms with Gasteiger partial charge < -0.3 is 10.1 Å². The molecular weight excluding hydrogens is 228 g/mol. The molecule has 2 N–H and O–H groups in total. The summed E-state index contributed by atoms with van der Waals surface area (Å²) in [6, 6.07) is 1.42. The van der Waals surface area contributed by atoms with Crippen LogP contribution in [0.25, 0.3) is 0 Å². The maximum Gasteiger partial charge on any atom is 0.317 e. The number of carboxylic acid groups (broad SMARTS) is 1. The van der Waals surface area contributed by atoms with Gasteiger partial charge in [0.2, 0.25) is 0 Å². The predicted molar refractivity (Wildman–Crippen MR) is 61.8 cm³/mol. The fraction of sp³-hybridized carbons (Fsp3) is 0.500. The summed E-state index contributed by atoms with van der Waals surface area (Å²) in [6.07, 6.45) is 1.14. The molecule has 0 saturated carbocycles. The number of nitrogens with zero attached hydrogens (tertiary/aromatic N) is 1. The van der Waals surface area contributed by atoms with Crippen molar-refractivity contribution in [2.45, 2.75) is 37.1 Å². The summed E-state index contributed by atoms with van der Waals surface area (Å²) >= 11 is 1.07. The highest BCUT2D eigenvalue weighted by Crippen LogP contribution is 2.21. The molecule has 1 heterocycles. The third-order valence-corrected chi connectivity index (χ3v) is 3.27. The first kappa shape index (κ1) is 12.8. The van der Waals surface area contributed by atoms with Gasteiger partial charge in [-0.25, -0.2) is 4.98 Å². The first-order valence-corrected chi connectivity index (χ1v) is 5.94. The van der Waals surface area contributed by atoms with Gasteiger partial charge in [-0.1, -0.05) is 25.6 Å². The van der Waals surface area contributed by atoms with E-state index in [0.29, 0.717) is 23.7 Å². The highest BCUT2D eigenvalue weighted by atomic mass is 32.2. The largest absolute Gasteiger partial charge is 0.480 e. The summed E-state index contributed by atoms with van der Waals surface area (Å²) in [6.45, 7) is 3.68. The Morgan fingerprint density at radius 3 is 2.81 bits per heavy atom. The molecule has 0 aromatic carbocycles. The van der Waals surface area contributed by atoms with Crippen LogP contribution in [0.3, 0.4) is 0 Å². The topological polar surface area (TPSA) is 83.0 Å². The number of nitrogens with one attached hydrogen (secondary N) is 1. The Bertz CT molecular complexity index is 430. The molecule has 0 aliphatic heterocycles. The minimum Gasteiger partial charge on any atom is -0.480 e. The number of aryl methyl sites for hydroxylation is 1. The van der Waals surface area contributed by atoms with Crippen LogP contribution in [0, 0.1) is 0 Å². The summed E-state index contributed by atoms with van der Waals surface area (Å²) < 4.78 is 0. The van der Waals surface area contributed by atoms with E-state index in [1.54, 1.807) is 6.92 Å². The van der Waals surface area contributed by atoms with E-state index in [1.807, 2.05) is 6.92 Å². The van der Waals surface area contributed by atoms with Crippen molar-refractivity contribution in [2.75, 3.05) is 0 Å². The molecule has 0 fully saturated rings. The predicted octanol–water partition coefficient (Wildman–Crippen LogP) is 1.29. The van der Waals surface area contributed by atoms with Crippen LogP contribution in [-0.2, 0) is 11.2 Å². The molecule has 0 amide bonds. The second-order valence-electron chi connectivity index (χ2n) is 3.25. The number of carboxylic acids is 1. The lowest BCUT2D eigenvalue weighted by molar-refractivity contribution is -0.136. The van der Waals surface area contributed by atoms with Crippen LogP contribution in [0.15, 0.2) is 16.0 Å². The number of aromatic nitrogens is 2. The molecule has 0 bridgehead atoms. The van der Waals surface area contributed by atoms with Gasteiger partial charge >= 0.3 is 5.97 Å². The van der Waals surface area contributed by atoms with Crippen LogP contribution >= 0.6 is 11.8 Å². The van der Waals surface area contributed by atoms with Crippen molar-refractivity contribution in [1.29, 1.82) is 0 Å². The van der Waals surface area contributed by atoms with Crippen molar-refractivity contribution < 1.29 is 9.90 Å². The normalized spacial score (nSPS) is 12.4. The van der Waals surface area contributed by atoms with Gasteiger partial charge in [-0.2, -0.15) is 0 Å². The molecule has 1 aromatic heterocycles. The Labute approximate surface area is 97.3 Å². The number of carbonyl (C=O) groups is 1. The van der Waals surface area contributed by atoms with Crippen molar-refractivity contribution in [2.24, 2.45) is 0 Å². The van der Waals surface area contributed by atoms with Crippen molar-refractivity contribution in [3.8, 4) is 0 Å². The summed E-state index contributed by atoms with van der Waals surface area (Å²) in [5, 5.41) is 8.69. The second kappa shape index (κ2) is 5.69. The van der Waals surface area contributed by atoms with Gasteiger partial charge in [0.25, 0.3) is 5.56 Å². The van der Waals surface area contributed by atoms with Crippen molar-refractivity contribution >= 4 is 17.7 Å². The van der Waals surface area contributed by atoms with Gasteiger partial charge in [-0.05, 0) is 12.8 Å². The molecule has 1 unspecified atom stereocenters. The van der Waals surface area contributed by atoms with E-state index in [-0.39, 0.29) is 5.56 Å². The van der Waals surface area contributed by atoms with Crippen LogP contribution in [0.4, 0.5) is 0 Å². The maximum absolute atomic E-state index is 11.3. The van der Waals surface area contributed by atoms with Crippen LogP contribution < -0.4 is 5.56 Å². The van der Waals surface area contributed by atoms with Gasteiger partial charge in [0.05, 0.1) is 0 Å². The molecule has 16 heavy (non-hydrogen) atoms. The second-order valence-corrected chi connectivity index (χ2v) is 4.44. The summed E-state index contributed by atoms with van der Waals surface area (Å²) in [4.78, 5) is 28.8. The Kier molecular flexibility index (Phi) is 4.54. The average molecular weight is 242 g/mol. The third kappa shape index (κ3) is 3.37. The number of aromatic amines is 1. The SMILES string of the molecule is CCc1cc(=O)[nH]c(SC(CC)C(=O)O)n1. The highest BCUT2D eigenvalue weighted by Gasteiger charge is 2.17. The monoisotopic (exact) mass is 242 g/mol. The summed E-state index contributed by atoms with van der Waals surface area (Å²) in [5.74, 6) is -0.892. The summed E-state index contributed by atoms with van der Waals surface area (Å²) in [5.41, 5.74) is 0.432. The van der Waals surface area contributed by atoms with Crippen LogP contribution in [-0.4, -0.2) is 26.3 Å². The minimum absolute atomic E-state index is 0.241. The molecule has 1 atom stereocenters. The zero-order chi connectivity index (χ0) is 12.1. The fourth-order valence-corrected chi connectivity index (χ4v) is 2.03. The van der Waals surface area contributed by atoms with Crippen molar-refractivity contribution in [1.82, 2.24) is 9.97 Å². The highest BCUT2D eigenvalue weighted by molar-refractivity contribution is 8.00. The standard InChI is InChI=1S/C10H14N2O3S/c1-3-6-5-8(13)12-10(11-6)16-7(4-2)9(14)15/h5,7H,3-4H2,1-2H3,(H,14,15)(H,11,12,13). The van der Waals surface area contributed by atoms with Gasteiger partial charge in [-0.15, -0.1) is 0 Å². The van der Waals surface area contributed by atoms with Crippen molar-refractivity contribution in [3.05, 3.63) is 22.1 Å². The third-order valence-electron chi connectivity index (χ3n) is 2.04. The van der Waals surface area contributed by atoms with E-state index < -0.39 is 11.2 Å². The Morgan fingerprint density at radius 1 is 1.62 bits per heavy atom. The van der Waals surface area contributed by atoms with E-state index in [1.165, 1.54) is 6.07 Å². The van der Waals surface area contributed by atoms with E-state index in [4.69, 9.17) is 5.11 Å². The average Bonchev–Trinajstić information content (AvgIpc) is 2.24. The van der Waals surface area contributed by atoms with Gasteiger partial charge in [0.15, 0.2) is 5.16 Å². The van der Waals surface area contributed by atoms with Gasteiger partial charge in [0.1, 0.15) is 5.25 Å². The van der Waals surface area contributed by atoms with Crippen LogP contribution in [0.2, 0.25) is 0 Å². The van der Waals surface area contributed by atoms with E-state index in [2.05, 4.69) is 9.97 Å². The Hall–Kier alpha value is -1.30. The van der Waals surface area contributed by atoms with E-state index in [0.717, 1.165) is 11.8 Å². The molecule has 0 spiro atoms. The van der Waals surface area contributed by atoms with Crippen LogP contribution in [0.5, 0.6) is 0 Å². The molecule has 1 rings (SSSR count). The lowest BCUT2D eigenvalue weighted by atomic mass is 10.3. The summed E-state index contributed by atoms with van der Waals surface area (Å²) in [7, 11) is 0. The number of aliphatic carboxylic acids is 1. The Morgan fingerprint density at radius 2 is 2.31 bits per heavy atom. The lowest BCUT2D eigenvalue weighted by Crippen LogP contribution is -2.17. The Balaban J connectivity index is 2.91. The first-order chi connectivity index (χ1) is 7.56. The number of rotatable bonds is 5. The molecule has 5 nitrogen and oxygen atoms in total. The van der Waals surface area contributed by atoms with Gasteiger partial charge in [-0.3, -0.25) is 9.59 Å². The number of hydrogen-bond acceptors (Lipinski definition) is 4. The van der Waals surface area contributed by atoms with E-state index >= 15 is 0 Å². The smallest absolute Gasteiger partial charge is 0.317 e. The molecule has 0 aliphatic carbocycles. The van der Waals surface area contributed by atoms with E-state index in [9.17, 15) is 9.59 Å². The van der Waals surface area contributed by atoms with Gasteiger partial charge in [0, 0.05) is 11.8 Å². The molecule has 6 heteroatoms. The minimum atomic E-state index is -0.892. The zero-order valence-electron chi connectivity index (χ0n) is 9.19. The molecule has 1 aromatic rings. The quantitative estimate of drug-likeness (QED) is 0.600. The lowest BCUT2D eigenvalue weighted by Gasteiger charge is -2.08. The molecular formula is C10H14N2O3S. The number of thioether (sulfide) groups is 1. The molecule has 0 saturated heterocycles. The maximum atomic E-state index is 11.3. The van der Waals surface area contributed by atoms with Crippen LogP contribution in [0.1, 0.15) is 26.0 Å². The zero-order valence-corrected chi connectivity index (χ0v) is 10.0. The number of H-pyrrole nitrogens is 1. The van der Waals surface area contributed by atoms with Crippen molar-refractivity contribution in [3.63, 3.8) is 0 Å². The fourth-order valence-electron chi connectivity index (χ4n) is 1.16. The molecule has 0 aliphatic rings. The number of hydrogen-bond donors (Lipinski definition) is 2. The molecule has 0 radical (unpaired) electrons.